The van der Waals surface area contributed by atoms with E-state index in [1.54, 1.807) is 0 Å². The second-order valence-corrected chi connectivity index (χ2v) is 5.51. The Bertz CT molecular complexity index is 385. The Balaban J connectivity index is 2.88. The van der Waals surface area contributed by atoms with Crippen molar-refractivity contribution in [1.29, 1.82) is 0 Å². The zero-order valence-corrected chi connectivity index (χ0v) is 11.2. The van der Waals surface area contributed by atoms with Crippen LogP contribution in [0, 0.1) is 5.41 Å². The summed E-state index contributed by atoms with van der Waals surface area (Å²) in [6.07, 6.45) is 0. The summed E-state index contributed by atoms with van der Waals surface area (Å²) in [6, 6.07) is 8.75. The first-order valence-corrected chi connectivity index (χ1v) is 6.07. The first-order valence-electron chi connectivity index (χ1n) is 6.07. The Morgan fingerprint density at radius 3 is 2.28 bits per heavy atom. The van der Waals surface area contributed by atoms with Gasteiger partial charge in [-0.2, -0.15) is 0 Å². The van der Waals surface area contributed by atoms with Crippen LogP contribution in [0.3, 0.4) is 0 Å². The number of aliphatic hydroxyl groups excluding tert-OH is 1. The molecule has 0 saturated carbocycles. The van der Waals surface area contributed by atoms with E-state index >= 15 is 0 Å². The Morgan fingerprint density at radius 1 is 1.33 bits per heavy atom. The lowest BCUT2D eigenvalue weighted by molar-refractivity contribution is -0.122. The highest BCUT2D eigenvalue weighted by Gasteiger charge is 2.31. The highest BCUT2D eigenvalue weighted by molar-refractivity contribution is 5.80. The summed E-state index contributed by atoms with van der Waals surface area (Å²) in [6.45, 7) is 5.74. The van der Waals surface area contributed by atoms with Crippen LogP contribution in [0.2, 0.25) is 0 Å². The Hall–Kier alpha value is -1.39. The van der Waals surface area contributed by atoms with Gasteiger partial charge in [0.15, 0.2) is 0 Å². The molecule has 0 saturated heterocycles. The molecule has 1 rings (SSSR count). The molecule has 4 N–H and O–H groups in total. The number of carbonyl (C=O) groups is 1. The predicted octanol–water partition coefficient (Wildman–Crippen LogP) is 1.21. The van der Waals surface area contributed by atoms with Crippen molar-refractivity contribution in [3.05, 3.63) is 35.9 Å². The fraction of sp³-hybridized carbons (Fsp3) is 0.500. The molecule has 4 nitrogen and oxygen atoms in total. The molecule has 100 valence electrons. The van der Waals surface area contributed by atoms with E-state index in [0.717, 1.165) is 5.56 Å². The third kappa shape index (κ3) is 3.82. The van der Waals surface area contributed by atoms with E-state index in [1.807, 2.05) is 51.1 Å². The summed E-state index contributed by atoms with van der Waals surface area (Å²) in [5.41, 5.74) is 6.06. The molecular weight excluding hydrogens is 228 g/mol. The number of carbonyl (C=O) groups excluding carboxylic acids is 1. The van der Waals surface area contributed by atoms with E-state index in [1.165, 1.54) is 0 Å². The van der Waals surface area contributed by atoms with Gasteiger partial charge in [0, 0.05) is 0 Å². The van der Waals surface area contributed by atoms with Gasteiger partial charge < -0.3 is 10.8 Å². The Morgan fingerprint density at radius 2 is 1.89 bits per heavy atom. The lowest BCUT2D eigenvalue weighted by atomic mass is 9.85. The average Bonchev–Trinajstić information content (AvgIpc) is 2.29. The number of hydrogen-bond donors (Lipinski definition) is 3. The van der Waals surface area contributed by atoms with Crippen LogP contribution >= 0.6 is 0 Å². The maximum Gasteiger partial charge on any atom is 0.235 e. The Labute approximate surface area is 108 Å². The summed E-state index contributed by atoms with van der Waals surface area (Å²) >= 11 is 0. The number of nitrogens with two attached hydrogens (primary N) is 1. The molecule has 0 aliphatic heterocycles. The summed E-state index contributed by atoms with van der Waals surface area (Å²) in [5.74, 6) is -0.406. The number of primary amides is 1. The van der Waals surface area contributed by atoms with Crippen molar-refractivity contribution in [2.45, 2.75) is 32.9 Å². The molecule has 4 heteroatoms. The Kier molecular flexibility index (Phi) is 4.87. The minimum absolute atomic E-state index is 0.0795. The molecule has 0 radical (unpaired) electrons. The van der Waals surface area contributed by atoms with E-state index in [2.05, 4.69) is 5.32 Å². The zero-order valence-electron chi connectivity index (χ0n) is 11.2. The minimum atomic E-state index is -0.491. The maximum absolute atomic E-state index is 11.5. The number of amides is 1. The smallest absolute Gasteiger partial charge is 0.235 e. The molecule has 0 spiro atoms. The van der Waals surface area contributed by atoms with Crippen LogP contribution in [0.4, 0.5) is 0 Å². The van der Waals surface area contributed by atoms with Gasteiger partial charge in [-0.3, -0.25) is 10.1 Å². The molecule has 18 heavy (non-hydrogen) atoms. The molecule has 0 unspecified atom stereocenters. The summed E-state index contributed by atoms with van der Waals surface area (Å²) in [7, 11) is 0. The van der Waals surface area contributed by atoms with Gasteiger partial charge in [-0.1, -0.05) is 51.1 Å². The van der Waals surface area contributed by atoms with Gasteiger partial charge in [0.05, 0.1) is 18.7 Å². The largest absolute Gasteiger partial charge is 0.394 e. The van der Waals surface area contributed by atoms with Crippen LogP contribution < -0.4 is 11.1 Å². The monoisotopic (exact) mass is 250 g/mol. The molecule has 0 aliphatic carbocycles. The van der Waals surface area contributed by atoms with Gasteiger partial charge in [0.25, 0.3) is 0 Å². The first kappa shape index (κ1) is 14.7. The molecule has 0 heterocycles. The molecule has 0 bridgehead atoms. The molecule has 2 atom stereocenters. The van der Waals surface area contributed by atoms with Crippen molar-refractivity contribution >= 4 is 5.91 Å². The molecule has 1 aromatic rings. The van der Waals surface area contributed by atoms with E-state index in [0.29, 0.717) is 0 Å². The molecule has 1 amide bonds. The van der Waals surface area contributed by atoms with Crippen LogP contribution in [-0.4, -0.2) is 23.7 Å². The molecule has 1 aromatic carbocycles. The van der Waals surface area contributed by atoms with Gasteiger partial charge in [0.2, 0.25) is 5.91 Å². The lowest BCUT2D eigenvalue weighted by Gasteiger charge is -2.32. The molecule has 0 fully saturated rings. The topological polar surface area (TPSA) is 75.3 Å². The van der Waals surface area contributed by atoms with Gasteiger partial charge in [-0.15, -0.1) is 0 Å². The van der Waals surface area contributed by atoms with Crippen LogP contribution in [-0.2, 0) is 4.79 Å². The van der Waals surface area contributed by atoms with E-state index < -0.39 is 11.9 Å². The second-order valence-electron chi connectivity index (χ2n) is 5.51. The normalized spacial score (nSPS) is 15.1. The van der Waals surface area contributed by atoms with Gasteiger partial charge in [-0.25, -0.2) is 0 Å². The zero-order chi connectivity index (χ0) is 13.8. The van der Waals surface area contributed by atoms with E-state index in [-0.39, 0.29) is 18.1 Å². The number of rotatable bonds is 5. The number of benzene rings is 1. The average molecular weight is 250 g/mol. The standard InChI is InChI=1S/C14H22N2O2/c1-14(2,3)12(13(15)18)16-11(9-17)10-7-5-4-6-8-10/h4-8,11-12,16-17H,9H2,1-3H3,(H2,15,18)/t11-,12+/m0/s1. The summed E-state index contributed by atoms with van der Waals surface area (Å²) in [4.78, 5) is 11.5. The van der Waals surface area contributed by atoms with Crippen molar-refractivity contribution in [3.63, 3.8) is 0 Å². The fourth-order valence-corrected chi connectivity index (χ4v) is 1.90. The lowest BCUT2D eigenvalue weighted by Crippen LogP contribution is -2.51. The van der Waals surface area contributed by atoms with Gasteiger partial charge >= 0.3 is 0 Å². The second kappa shape index (κ2) is 5.98. The minimum Gasteiger partial charge on any atom is -0.394 e. The molecular formula is C14H22N2O2. The highest BCUT2D eigenvalue weighted by atomic mass is 16.3. The van der Waals surface area contributed by atoms with Crippen molar-refractivity contribution in [2.75, 3.05) is 6.61 Å². The van der Waals surface area contributed by atoms with Gasteiger partial charge in [0.1, 0.15) is 0 Å². The summed E-state index contributed by atoms with van der Waals surface area (Å²) in [5, 5.41) is 12.6. The van der Waals surface area contributed by atoms with Crippen LogP contribution in [0.25, 0.3) is 0 Å². The quantitative estimate of drug-likeness (QED) is 0.735. The number of hydrogen-bond acceptors (Lipinski definition) is 3. The van der Waals surface area contributed by atoms with Crippen molar-refractivity contribution in [2.24, 2.45) is 11.1 Å². The predicted molar refractivity (Wildman–Crippen MR) is 71.8 cm³/mol. The summed E-state index contributed by atoms with van der Waals surface area (Å²) < 4.78 is 0. The van der Waals surface area contributed by atoms with Crippen molar-refractivity contribution < 1.29 is 9.90 Å². The van der Waals surface area contributed by atoms with E-state index in [4.69, 9.17) is 5.73 Å². The highest BCUT2D eigenvalue weighted by Crippen LogP contribution is 2.22. The maximum atomic E-state index is 11.5. The third-order valence-electron chi connectivity index (χ3n) is 2.90. The molecule has 0 aliphatic rings. The van der Waals surface area contributed by atoms with Crippen LogP contribution in [0.1, 0.15) is 32.4 Å². The fourth-order valence-electron chi connectivity index (χ4n) is 1.90. The first-order chi connectivity index (χ1) is 8.36. The van der Waals surface area contributed by atoms with Crippen molar-refractivity contribution in [1.82, 2.24) is 5.32 Å². The van der Waals surface area contributed by atoms with Gasteiger partial charge in [-0.05, 0) is 11.0 Å². The molecule has 0 aromatic heterocycles. The van der Waals surface area contributed by atoms with Crippen molar-refractivity contribution in [3.8, 4) is 0 Å². The van der Waals surface area contributed by atoms with Crippen LogP contribution in [0.15, 0.2) is 30.3 Å². The van der Waals surface area contributed by atoms with E-state index in [9.17, 15) is 9.90 Å². The number of aliphatic hydroxyl groups is 1. The SMILES string of the molecule is CC(C)(C)[C@H](N[C@@H](CO)c1ccccc1)C(N)=O. The van der Waals surface area contributed by atoms with Crippen LogP contribution in [0.5, 0.6) is 0 Å². The number of nitrogens with one attached hydrogen (secondary N) is 1. The third-order valence-corrected chi connectivity index (χ3v) is 2.90.